The lowest BCUT2D eigenvalue weighted by Gasteiger charge is -2.45. The van der Waals surface area contributed by atoms with E-state index in [1.165, 1.54) is 10.7 Å². The summed E-state index contributed by atoms with van der Waals surface area (Å²) in [5, 5.41) is 16.3. The lowest BCUT2D eigenvalue weighted by molar-refractivity contribution is -0.150. The van der Waals surface area contributed by atoms with Crippen LogP contribution in [0.15, 0.2) is 18.5 Å². The molecule has 13 heteroatoms. The van der Waals surface area contributed by atoms with Gasteiger partial charge in [0.05, 0.1) is 48.2 Å². The van der Waals surface area contributed by atoms with Crippen molar-refractivity contribution in [2.45, 2.75) is 75.2 Å². The number of carbonyl (C=O) groups is 1. The maximum Gasteiger partial charge on any atom is 0.410 e. The zero-order valence-corrected chi connectivity index (χ0v) is 19.3. The Morgan fingerprint density at radius 3 is 2.47 bits per heavy atom. The van der Waals surface area contributed by atoms with E-state index >= 15 is 0 Å². The fourth-order valence-corrected chi connectivity index (χ4v) is 5.65. The molecular weight excluding hydrogens is 485 g/mol. The summed E-state index contributed by atoms with van der Waals surface area (Å²) in [6.45, 7) is -0.613. The SMILES string of the molecule is N#CC1([C@H](c2cnn3cc([C@@H](N)C4CCC(F)(F)CC4)nc3c2)N2C[C@@H](C(F)(F)F)NC2=O)CCC1. The van der Waals surface area contributed by atoms with E-state index in [-0.39, 0.29) is 31.6 Å². The molecular formula is C23H26F5N7O. The molecule has 3 N–H and O–H groups in total. The summed E-state index contributed by atoms with van der Waals surface area (Å²) < 4.78 is 68.6. The molecule has 1 saturated heterocycles. The van der Waals surface area contributed by atoms with Crippen molar-refractivity contribution in [2.24, 2.45) is 17.1 Å². The maximum atomic E-state index is 13.5. The van der Waals surface area contributed by atoms with Crippen molar-refractivity contribution in [3.8, 4) is 6.07 Å². The molecule has 36 heavy (non-hydrogen) atoms. The molecule has 2 aromatic heterocycles. The molecule has 5 rings (SSSR count). The highest BCUT2D eigenvalue weighted by Gasteiger charge is 2.55. The Morgan fingerprint density at radius 1 is 1.22 bits per heavy atom. The van der Waals surface area contributed by atoms with E-state index in [4.69, 9.17) is 5.73 Å². The molecule has 3 aliphatic rings. The predicted molar refractivity (Wildman–Crippen MR) is 117 cm³/mol. The van der Waals surface area contributed by atoms with Crippen molar-refractivity contribution < 1.29 is 26.7 Å². The number of carbonyl (C=O) groups excluding carboxylic acids is 1. The quantitative estimate of drug-likeness (QED) is 0.583. The molecule has 0 radical (unpaired) electrons. The van der Waals surface area contributed by atoms with Crippen LogP contribution in [0.5, 0.6) is 0 Å². The van der Waals surface area contributed by atoms with Gasteiger partial charge in [0.15, 0.2) is 5.65 Å². The van der Waals surface area contributed by atoms with Gasteiger partial charge in [-0.15, -0.1) is 0 Å². The van der Waals surface area contributed by atoms with Crippen LogP contribution in [0.3, 0.4) is 0 Å². The summed E-state index contributed by atoms with van der Waals surface area (Å²) >= 11 is 0. The molecule has 2 amide bonds. The first-order chi connectivity index (χ1) is 16.9. The second-order valence-corrected chi connectivity index (χ2v) is 10.2. The van der Waals surface area contributed by atoms with Gasteiger partial charge >= 0.3 is 12.2 Å². The average Bonchev–Trinajstić information content (AvgIpc) is 3.38. The first-order valence-corrected chi connectivity index (χ1v) is 12.0. The maximum absolute atomic E-state index is 13.5. The molecule has 0 unspecified atom stereocenters. The Bertz CT molecular complexity index is 1190. The monoisotopic (exact) mass is 511 g/mol. The molecule has 1 aliphatic heterocycles. The van der Waals surface area contributed by atoms with Crippen molar-refractivity contribution in [3.05, 3.63) is 29.7 Å². The number of nitriles is 1. The van der Waals surface area contributed by atoms with Crippen molar-refractivity contribution in [3.63, 3.8) is 0 Å². The predicted octanol–water partition coefficient (Wildman–Crippen LogP) is 4.25. The first kappa shape index (κ1) is 24.7. The van der Waals surface area contributed by atoms with Gasteiger partial charge in [-0.05, 0) is 37.7 Å². The minimum Gasteiger partial charge on any atom is -0.324 e. The molecule has 2 aromatic rings. The molecule has 2 saturated carbocycles. The Kier molecular flexibility index (Phi) is 5.85. The number of imidazole rings is 1. The number of hydrogen-bond acceptors (Lipinski definition) is 5. The third kappa shape index (κ3) is 4.25. The van der Waals surface area contributed by atoms with Gasteiger partial charge in [-0.25, -0.2) is 23.1 Å². The van der Waals surface area contributed by atoms with Crippen LogP contribution in [0.2, 0.25) is 0 Å². The zero-order valence-electron chi connectivity index (χ0n) is 19.3. The number of fused-ring (bicyclic) bond motifs is 1. The number of nitrogens with one attached hydrogen (secondary N) is 1. The minimum absolute atomic E-state index is 0.161. The molecule has 0 aromatic carbocycles. The number of nitrogens with two attached hydrogens (primary N) is 1. The highest BCUT2D eigenvalue weighted by Crippen LogP contribution is 2.53. The third-order valence-corrected chi connectivity index (χ3v) is 7.92. The normalized spacial score (nSPS) is 25.8. The smallest absolute Gasteiger partial charge is 0.324 e. The fourth-order valence-electron chi connectivity index (χ4n) is 5.65. The molecule has 2 aliphatic carbocycles. The summed E-state index contributed by atoms with van der Waals surface area (Å²) in [6.07, 6.45) is 0.127. The van der Waals surface area contributed by atoms with E-state index in [0.717, 1.165) is 11.3 Å². The summed E-state index contributed by atoms with van der Waals surface area (Å²) in [4.78, 5) is 18.2. The van der Waals surface area contributed by atoms with Gasteiger partial charge in [-0.3, -0.25) is 0 Å². The number of nitrogens with zero attached hydrogens (tertiary/aromatic N) is 5. The molecule has 3 fully saturated rings. The van der Waals surface area contributed by atoms with E-state index in [0.29, 0.717) is 29.7 Å². The van der Waals surface area contributed by atoms with Crippen LogP contribution in [-0.2, 0) is 0 Å². The van der Waals surface area contributed by atoms with Crippen LogP contribution in [0.25, 0.3) is 5.65 Å². The van der Waals surface area contributed by atoms with E-state index in [1.54, 1.807) is 12.3 Å². The second-order valence-electron chi connectivity index (χ2n) is 10.2. The Balaban J connectivity index is 1.46. The minimum atomic E-state index is -4.62. The Hall–Kier alpha value is -3.01. The van der Waals surface area contributed by atoms with Crippen molar-refractivity contribution in [1.29, 1.82) is 5.26 Å². The Labute approximate surface area is 203 Å². The van der Waals surface area contributed by atoms with E-state index in [1.807, 2.05) is 5.32 Å². The summed E-state index contributed by atoms with van der Waals surface area (Å²) in [6, 6.07) is -0.570. The average molecular weight is 511 g/mol. The number of rotatable bonds is 5. The van der Waals surface area contributed by atoms with Gasteiger partial charge in [0.1, 0.15) is 6.04 Å². The van der Waals surface area contributed by atoms with Crippen LogP contribution in [0.4, 0.5) is 26.7 Å². The number of hydrogen-bond donors (Lipinski definition) is 2. The van der Waals surface area contributed by atoms with Gasteiger partial charge < -0.3 is 16.0 Å². The van der Waals surface area contributed by atoms with Crippen molar-refractivity contribution >= 4 is 11.7 Å². The largest absolute Gasteiger partial charge is 0.410 e. The molecule has 194 valence electrons. The number of aromatic nitrogens is 3. The second kappa shape index (κ2) is 8.54. The number of alkyl halides is 5. The van der Waals surface area contributed by atoms with Crippen molar-refractivity contribution in [1.82, 2.24) is 24.8 Å². The molecule has 3 heterocycles. The highest BCUT2D eigenvalue weighted by atomic mass is 19.4. The van der Waals surface area contributed by atoms with Gasteiger partial charge in [-0.2, -0.15) is 23.5 Å². The highest BCUT2D eigenvalue weighted by molar-refractivity contribution is 5.78. The zero-order chi connectivity index (χ0) is 25.9. The number of halogens is 5. The Morgan fingerprint density at radius 2 is 1.92 bits per heavy atom. The molecule has 3 atom stereocenters. The molecule has 0 bridgehead atoms. The van der Waals surface area contributed by atoms with Gasteiger partial charge in [0, 0.05) is 18.4 Å². The lowest BCUT2D eigenvalue weighted by Crippen LogP contribution is -2.46. The van der Waals surface area contributed by atoms with Crippen LogP contribution >= 0.6 is 0 Å². The summed E-state index contributed by atoms with van der Waals surface area (Å²) in [5.41, 5.74) is 6.56. The standard InChI is InChI=1S/C23H26F5N7O/c24-22(25)6-2-13(3-7-22)18(30)15-10-35-17(32-15)8-14(9-31-35)19(21(12-29)4-1-5-21)34-11-16(23(26,27)28)33-20(34)36/h8-10,13,16,18-19H,1-7,11,30H2,(H,33,36)/t16-,18-,19-/m0/s1. The van der Waals surface area contributed by atoms with E-state index in [2.05, 4.69) is 16.2 Å². The topological polar surface area (TPSA) is 112 Å². The van der Waals surface area contributed by atoms with Crippen LogP contribution in [-0.4, -0.2) is 50.2 Å². The third-order valence-electron chi connectivity index (χ3n) is 7.92. The fraction of sp³-hybridized carbons (Fsp3) is 0.652. The van der Waals surface area contributed by atoms with Gasteiger partial charge in [0.25, 0.3) is 0 Å². The van der Waals surface area contributed by atoms with E-state index < -0.39 is 48.2 Å². The van der Waals surface area contributed by atoms with Crippen molar-refractivity contribution in [2.75, 3.05) is 6.54 Å². The van der Waals surface area contributed by atoms with Gasteiger partial charge in [-0.1, -0.05) is 6.42 Å². The number of amides is 2. The van der Waals surface area contributed by atoms with Crippen LogP contribution < -0.4 is 11.1 Å². The lowest BCUT2D eigenvalue weighted by atomic mass is 9.63. The van der Waals surface area contributed by atoms with E-state index in [9.17, 15) is 32.0 Å². The van der Waals surface area contributed by atoms with Crippen LogP contribution in [0.1, 0.15) is 68.3 Å². The summed E-state index contributed by atoms with van der Waals surface area (Å²) in [7, 11) is 0. The summed E-state index contributed by atoms with van der Waals surface area (Å²) in [5.74, 6) is -2.84. The van der Waals surface area contributed by atoms with Gasteiger partial charge in [0.2, 0.25) is 5.92 Å². The molecule has 8 nitrogen and oxygen atoms in total. The number of urea groups is 1. The first-order valence-electron chi connectivity index (χ1n) is 12.0. The van der Waals surface area contributed by atoms with Crippen LogP contribution in [0, 0.1) is 22.7 Å². The molecule has 0 spiro atoms.